The molecular formula is C24H26FN3O2. The van der Waals surface area contributed by atoms with Crippen molar-refractivity contribution in [1.29, 1.82) is 0 Å². The summed E-state index contributed by atoms with van der Waals surface area (Å²) in [6, 6.07) is 9.33. The molecule has 1 aliphatic carbocycles. The largest absolute Gasteiger partial charge is 0.461 e. The maximum atomic E-state index is 13.0. The second-order valence-corrected chi connectivity index (χ2v) is 8.28. The summed E-state index contributed by atoms with van der Waals surface area (Å²) in [6.45, 7) is 2.58. The van der Waals surface area contributed by atoms with Gasteiger partial charge in [-0.1, -0.05) is 6.42 Å². The summed E-state index contributed by atoms with van der Waals surface area (Å²) < 4.78 is 19.2. The Bertz CT molecular complexity index is 1060. The first-order chi connectivity index (χ1) is 14.7. The van der Waals surface area contributed by atoms with Crippen LogP contribution in [0, 0.1) is 5.82 Å². The molecule has 1 fully saturated rings. The van der Waals surface area contributed by atoms with Crippen molar-refractivity contribution in [2.24, 2.45) is 0 Å². The number of amides is 1. The van der Waals surface area contributed by atoms with Crippen LogP contribution in [0.4, 0.5) is 10.1 Å². The summed E-state index contributed by atoms with van der Waals surface area (Å²) in [5.41, 5.74) is 4.02. The molecule has 0 bridgehead atoms. The van der Waals surface area contributed by atoms with Crippen LogP contribution in [0.15, 0.2) is 40.9 Å². The minimum Gasteiger partial charge on any atom is -0.461 e. The topological polar surface area (TPSA) is 49.6 Å². The summed E-state index contributed by atoms with van der Waals surface area (Å²) >= 11 is 0. The fourth-order valence-corrected chi connectivity index (χ4v) is 4.61. The summed E-state index contributed by atoms with van der Waals surface area (Å²) in [7, 11) is 0. The van der Waals surface area contributed by atoms with E-state index in [1.54, 1.807) is 6.07 Å². The van der Waals surface area contributed by atoms with Gasteiger partial charge in [-0.3, -0.25) is 14.7 Å². The number of carbonyl (C=O) groups is 1. The van der Waals surface area contributed by atoms with Gasteiger partial charge in [0.05, 0.1) is 12.7 Å². The van der Waals surface area contributed by atoms with Crippen LogP contribution in [0.25, 0.3) is 11.0 Å². The average molecular weight is 407 g/mol. The molecule has 2 aliphatic rings. The highest BCUT2D eigenvalue weighted by atomic mass is 19.1. The number of anilines is 1. The number of hydrogen-bond acceptors (Lipinski definition) is 4. The number of nitrogens with zero attached hydrogens (tertiary/aromatic N) is 3. The van der Waals surface area contributed by atoms with Crippen molar-refractivity contribution in [3.8, 4) is 0 Å². The maximum Gasteiger partial charge on any atom is 0.241 e. The fourth-order valence-electron chi connectivity index (χ4n) is 4.61. The first-order valence-electron chi connectivity index (χ1n) is 10.8. The quantitative estimate of drug-likeness (QED) is 0.611. The Labute approximate surface area is 175 Å². The lowest BCUT2D eigenvalue weighted by molar-refractivity contribution is -0.121. The van der Waals surface area contributed by atoms with Crippen LogP contribution in [0.1, 0.15) is 36.3 Å². The lowest BCUT2D eigenvalue weighted by atomic mass is 10.1. The molecule has 2 aromatic heterocycles. The van der Waals surface area contributed by atoms with Gasteiger partial charge in [0, 0.05) is 60.9 Å². The molecule has 0 unspecified atom stereocenters. The molecule has 30 heavy (non-hydrogen) atoms. The van der Waals surface area contributed by atoms with E-state index in [1.165, 1.54) is 42.5 Å². The van der Waals surface area contributed by atoms with E-state index in [1.807, 2.05) is 11.0 Å². The first-order valence-corrected chi connectivity index (χ1v) is 10.8. The Kier molecular flexibility index (Phi) is 5.25. The van der Waals surface area contributed by atoms with Crippen LogP contribution in [0.5, 0.6) is 0 Å². The Balaban J connectivity index is 1.26. The zero-order chi connectivity index (χ0) is 20.5. The minimum atomic E-state index is -0.326. The molecule has 0 saturated carbocycles. The van der Waals surface area contributed by atoms with Crippen LogP contribution in [-0.4, -0.2) is 42.0 Å². The Hall–Kier alpha value is -2.73. The molecule has 1 aromatic carbocycles. The molecule has 1 aliphatic heterocycles. The normalized spacial score (nSPS) is 17.9. The standard InChI is InChI=1S/C24H26FN3O2/c25-17-6-7-18(26-15-17)10-11-27-12-13-28(24(29)16-27)19-8-9-21-20-4-2-1-3-5-22(20)30-23(21)14-19/h6-9,14-15H,1-5,10-13,16H2. The van der Waals surface area contributed by atoms with Gasteiger partial charge in [0.2, 0.25) is 5.91 Å². The number of piperazine rings is 1. The third kappa shape index (κ3) is 3.84. The van der Waals surface area contributed by atoms with Gasteiger partial charge in [0.1, 0.15) is 17.2 Å². The summed E-state index contributed by atoms with van der Waals surface area (Å²) in [5, 5.41) is 1.20. The molecule has 0 radical (unpaired) electrons. The Morgan fingerprint density at radius 2 is 1.97 bits per heavy atom. The van der Waals surface area contributed by atoms with Gasteiger partial charge >= 0.3 is 0 Å². The van der Waals surface area contributed by atoms with E-state index in [4.69, 9.17) is 4.42 Å². The summed E-state index contributed by atoms with van der Waals surface area (Å²) in [4.78, 5) is 20.9. The van der Waals surface area contributed by atoms with E-state index in [-0.39, 0.29) is 11.7 Å². The fraction of sp³-hybridized carbons (Fsp3) is 0.417. The molecule has 6 heteroatoms. The van der Waals surface area contributed by atoms with E-state index in [9.17, 15) is 9.18 Å². The maximum absolute atomic E-state index is 13.0. The monoisotopic (exact) mass is 407 g/mol. The first kappa shape index (κ1) is 19.2. The van der Waals surface area contributed by atoms with E-state index in [0.29, 0.717) is 19.5 Å². The number of aromatic nitrogens is 1. The molecule has 3 aromatic rings. The van der Waals surface area contributed by atoms with Crippen LogP contribution in [-0.2, 0) is 24.1 Å². The highest BCUT2D eigenvalue weighted by Gasteiger charge is 2.26. The molecule has 0 N–H and O–H groups in total. The van der Waals surface area contributed by atoms with E-state index < -0.39 is 0 Å². The number of fused-ring (bicyclic) bond motifs is 3. The highest BCUT2D eigenvalue weighted by molar-refractivity contribution is 5.97. The van der Waals surface area contributed by atoms with E-state index in [2.05, 4.69) is 22.0 Å². The van der Waals surface area contributed by atoms with E-state index >= 15 is 0 Å². The van der Waals surface area contributed by atoms with Crippen LogP contribution < -0.4 is 4.90 Å². The third-order valence-corrected chi connectivity index (χ3v) is 6.27. The number of rotatable bonds is 4. The van der Waals surface area contributed by atoms with Crippen LogP contribution >= 0.6 is 0 Å². The molecule has 156 valence electrons. The third-order valence-electron chi connectivity index (χ3n) is 6.27. The predicted molar refractivity (Wildman–Crippen MR) is 114 cm³/mol. The van der Waals surface area contributed by atoms with Gasteiger partial charge in [-0.25, -0.2) is 4.39 Å². The smallest absolute Gasteiger partial charge is 0.241 e. The molecule has 5 rings (SSSR count). The molecule has 1 saturated heterocycles. The zero-order valence-electron chi connectivity index (χ0n) is 17.1. The van der Waals surface area contributed by atoms with Crippen molar-refractivity contribution in [3.05, 3.63) is 59.4 Å². The van der Waals surface area contributed by atoms with Gasteiger partial charge in [-0.2, -0.15) is 0 Å². The second kappa shape index (κ2) is 8.19. The second-order valence-electron chi connectivity index (χ2n) is 8.28. The van der Waals surface area contributed by atoms with Gasteiger partial charge in [-0.15, -0.1) is 0 Å². The number of furan rings is 1. The highest BCUT2D eigenvalue weighted by Crippen LogP contribution is 2.33. The molecule has 0 atom stereocenters. The SMILES string of the molecule is O=C1CN(CCc2ccc(F)cn2)CCN1c1ccc2c3c(oc2c1)CCCCC3. The number of aryl methyl sites for hydroxylation is 2. The van der Waals surface area contributed by atoms with Gasteiger partial charge in [0.15, 0.2) is 0 Å². The van der Waals surface area contributed by atoms with Crippen molar-refractivity contribution in [2.75, 3.05) is 31.1 Å². The van der Waals surface area contributed by atoms with Crippen molar-refractivity contribution in [2.45, 2.75) is 38.5 Å². The van der Waals surface area contributed by atoms with Crippen molar-refractivity contribution >= 4 is 22.6 Å². The van der Waals surface area contributed by atoms with Crippen molar-refractivity contribution < 1.29 is 13.6 Å². The summed E-state index contributed by atoms with van der Waals surface area (Å²) in [6.07, 6.45) is 7.72. The van der Waals surface area contributed by atoms with Crippen molar-refractivity contribution in [1.82, 2.24) is 9.88 Å². The lowest BCUT2D eigenvalue weighted by Gasteiger charge is -2.34. The average Bonchev–Trinajstić information content (AvgIpc) is 2.93. The molecule has 3 heterocycles. The van der Waals surface area contributed by atoms with Gasteiger partial charge in [-0.05, 0) is 43.5 Å². The number of benzene rings is 1. The van der Waals surface area contributed by atoms with Gasteiger partial charge < -0.3 is 9.32 Å². The number of pyridine rings is 1. The van der Waals surface area contributed by atoms with Crippen LogP contribution in [0.2, 0.25) is 0 Å². The number of halogens is 1. The number of hydrogen-bond donors (Lipinski definition) is 0. The molecule has 0 spiro atoms. The Morgan fingerprint density at radius 1 is 1.07 bits per heavy atom. The predicted octanol–water partition coefficient (Wildman–Crippen LogP) is 4.13. The van der Waals surface area contributed by atoms with Crippen molar-refractivity contribution in [3.63, 3.8) is 0 Å². The molecule has 5 nitrogen and oxygen atoms in total. The van der Waals surface area contributed by atoms with Gasteiger partial charge in [0.25, 0.3) is 0 Å². The zero-order valence-corrected chi connectivity index (χ0v) is 17.1. The summed E-state index contributed by atoms with van der Waals surface area (Å²) in [5.74, 6) is 0.901. The minimum absolute atomic E-state index is 0.0979. The molecule has 1 amide bonds. The van der Waals surface area contributed by atoms with E-state index in [0.717, 1.165) is 48.7 Å². The number of carbonyl (C=O) groups excluding carboxylic acids is 1. The molecular weight excluding hydrogens is 381 g/mol. The Morgan fingerprint density at radius 3 is 2.80 bits per heavy atom. The lowest BCUT2D eigenvalue weighted by Crippen LogP contribution is -2.50. The van der Waals surface area contributed by atoms with Crippen LogP contribution in [0.3, 0.4) is 0 Å².